The van der Waals surface area contributed by atoms with E-state index in [1.807, 2.05) is 0 Å². The second-order valence-electron chi connectivity index (χ2n) is 5.58. The number of nitrogens with two attached hydrogens (primary N) is 1. The Morgan fingerprint density at radius 2 is 1.82 bits per heavy atom. The summed E-state index contributed by atoms with van der Waals surface area (Å²) in [6, 6.07) is 1.46. The minimum Gasteiger partial charge on any atom is -0.475 e. The van der Waals surface area contributed by atoms with Crippen LogP contribution in [0, 0.1) is 11.8 Å². The molecular weight excluding hydrogens is 309 g/mol. The van der Waals surface area contributed by atoms with E-state index >= 15 is 0 Å². The van der Waals surface area contributed by atoms with Crippen LogP contribution in [-0.2, 0) is 9.30 Å². The number of hydrogen-bond donors (Lipinski definition) is 3. The van der Waals surface area contributed by atoms with Gasteiger partial charge in [0.1, 0.15) is 18.8 Å². The van der Waals surface area contributed by atoms with Crippen LogP contribution in [0.5, 0.6) is 5.88 Å². The molecule has 0 saturated carbocycles. The molecule has 0 radical (unpaired) electrons. The molecule has 0 bridgehead atoms. The first-order valence-corrected chi connectivity index (χ1v) is 8.62. The molecule has 126 valence electrons. The molecule has 0 amide bonds. The molecule has 9 heteroatoms. The quantitative estimate of drug-likeness (QED) is 0.484. The summed E-state index contributed by atoms with van der Waals surface area (Å²) in [5, 5.41) is -1.54. The molecule has 0 atom stereocenters. The number of anilines is 1. The molecule has 1 aromatic heterocycles. The van der Waals surface area contributed by atoms with Crippen LogP contribution in [0.15, 0.2) is 12.4 Å². The number of aromatic nitrogens is 2. The Kier molecular flexibility index (Phi) is 6.31. The first-order valence-electron chi connectivity index (χ1n) is 7.01. The minimum absolute atomic E-state index is 0.0192. The summed E-state index contributed by atoms with van der Waals surface area (Å²) in [4.78, 5) is 27.1. The summed E-state index contributed by atoms with van der Waals surface area (Å²) in [7, 11) is -4.46. The third-order valence-corrected chi connectivity index (χ3v) is 5.51. The first kappa shape index (κ1) is 18.8. The largest absolute Gasteiger partial charge is 0.475 e. The molecule has 0 aliphatic rings. The van der Waals surface area contributed by atoms with Gasteiger partial charge in [0.2, 0.25) is 5.88 Å². The zero-order chi connectivity index (χ0) is 17.0. The van der Waals surface area contributed by atoms with E-state index in [0.29, 0.717) is 0 Å². The standard InChI is InChI=1S/C13H24N3O5P/c1-9(2)13(10(3)4,22(17,18)19)21-6-5-20-12-7-11(14)15-8-16-12/h7-10H,5-6H2,1-4H3,(H2,14,15,16)(H2,17,18,19). The van der Waals surface area contributed by atoms with Gasteiger partial charge in [-0.2, -0.15) is 0 Å². The zero-order valence-electron chi connectivity index (χ0n) is 13.3. The van der Waals surface area contributed by atoms with Crippen molar-refractivity contribution in [2.75, 3.05) is 18.9 Å². The predicted molar refractivity (Wildman–Crippen MR) is 82.3 cm³/mol. The van der Waals surface area contributed by atoms with E-state index in [-0.39, 0.29) is 36.7 Å². The Hall–Kier alpha value is -1.21. The van der Waals surface area contributed by atoms with Crippen molar-refractivity contribution >= 4 is 13.4 Å². The lowest BCUT2D eigenvalue weighted by molar-refractivity contribution is -0.0701. The van der Waals surface area contributed by atoms with Gasteiger partial charge in [-0.15, -0.1) is 0 Å². The normalized spacial score (nSPS) is 12.9. The third kappa shape index (κ3) is 4.16. The van der Waals surface area contributed by atoms with Gasteiger partial charge in [0, 0.05) is 6.07 Å². The van der Waals surface area contributed by atoms with E-state index in [4.69, 9.17) is 15.2 Å². The minimum atomic E-state index is -4.46. The van der Waals surface area contributed by atoms with Gasteiger partial charge in [-0.1, -0.05) is 27.7 Å². The highest BCUT2D eigenvalue weighted by atomic mass is 31.2. The lowest BCUT2D eigenvalue weighted by atomic mass is 9.95. The van der Waals surface area contributed by atoms with Crippen LogP contribution in [0.4, 0.5) is 5.82 Å². The zero-order valence-corrected chi connectivity index (χ0v) is 14.2. The predicted octanol–water partition coefficient (Wildman–Crippen LogP) is 1.64. The molecule has 0 aliphatic carbocycles. The molecule has 0 aliphatic heterocycles. The van der Waals surface area contributed by atoms with Crippen LogP contribution < -0.4 is 10.5 Å². The lowest BCUT2D eigenvalue weighted by Crippen LogP contribution is -2.44. The molecular formula is C13H24N3O5P. The van der Waals surface area contributed by atoms with E-state index in [0.717, 1.165) is 0 Å². The maximum atomic E-state index is 11.9. The van der Waals surface area contributed by atoms with Crippen molar-refractivity contribution in [3.8, 4) is 5.88 Å². The smallest absolute Gasteiger partial charge is 0.357 e. The SMILES string of the molecule is CC(C)C(OCCOc1cc(N)ncn1)(C(C)C)P(=O)(O)O. The molecule has 0 unspecified atom stereocenters. The fraction of sp³-hybridized carbons (Fsp3) is 0.692. The van der Waals surface area contributed by atoms with Crippen LogP contribution in [-0.4, -0.2) is 38.3 Å². The first-order chi connectivity index (χ1) is 10.1. The van der Waals surface area contributed by atoms with Crippen molar-refractivity contribution < 1.29 is 23.8 Å². The van der Waals surface area contributed by atoms with Crippen LogP contribution in [0.2, 0.25) is 0 Å². The van der Waals surface area contributed by atoms with E-state index in [9.17, 15) is 14.4 Å². The maximum absolute atomic E-state index is 11.9. The Morgan fingerprint density at radius 3 is 2.27 bits per heavy atom. The van der Waals surface area contributed by atoms with Crippen LogP contribution in [0.1, 0.15) is 27.7 Å². The number of nitrogens with zero attached hydrogens (tertiary/aromatic N) is 2. The van der Waals surface area contributed by atoms with Crippen LogP contribution >= 0.6 is 7.60 Å². The second kappa shape index (κ2) is 7.37. The number of rotatable bonds is 8. The lowest BCUT2D eigenvalue weighted by Gasteiger charge is -2.41. The van der Waals surface area contributed by atoms with Crippen molar-refractivity contribution in [2.24, 2.45) is 11.8 Å². The third-order valence-electron chi connectivity index (χ3n) is 3.44. The van der Waals surface area contributed by atoms with Crippen molar-refractivity contribution in [1.29, 1.82) is 0 Å². The van der Waals surface area contributed by atoms with Gasteiger partial charge < -0.3 is 25.0 Å². The summed E-state index contributed by atoms with van der Waals surface area (Å²) in [5.74, 6) is -0.155. The van der Waals surface area contributed by atoms with Crippen molar-refractivity contribution in [3.63, 3.8) is 0 Å². The maximum Gasteiger partial charge on any atom is 0.357 e. The number of ether oxygens (including phenoxy) is 2. The summed E-state index contributed by atoms with van der Waals surface area (Å²) in [6.07, 6.45) is 1.27. The average molecular weight is 333 g/mol. The Bertz CT molecular complexity index is 524. The van der Waals surface area contributed by atoms with Gasteiger partial charge in [-0.3, -0.25) is 4.57 Å². The topological polar surface area (TPSA) is 128 Å². The fourth-order valence-corrected chi connectivity index (χ4v) is 4.15. The molecule has 8 nitrogen and oxygen atoms in total. The molecule has 0 aromatic carbocycles. The second-order valence-corrected chi connectivity index (χ2v) is 7.37. The average Bonchev–Trinajstić information content (AvgIpc) is 2.36. The van der Waals surface area contributed by atoms with Crippen LogP contribution in [0.3, 0.4) is 0 Å². The van der Waals surface area contributed by atoms with Gasteiger partial charge in [-0.25, -0.2) is 9.97 Å². The monoisotopic (exact) mass is 333 g/mol. The van der Waals surface area contributed by atoms with Crippen molar-refractivity contribution in [2.45, 2.75) is 33.0 Å². The van der Waals surface area contributed by atoms with Crippen LogP contribution in [0.25, 0.3) is 0 Å². The summed E-state index contributed by atoms with van der Waals surface area (Å²) in [6.45, 7) is 7.02. The molecule has 1 heterocycles. The number of nitrogen functional groups attached to an aromatic ring is 1. The molecule has 1 aromatic rings. The summed E-state index contributed by atoms with van der Waals surface area (Å²) < 4.78 is 22.9. The highest BCUT2D eigenvalue weighted by Gasteiger charge is 2.53. The van der Waals surface area contributed by atoms with Gasteiger partial charge >= 0.3 is 7.60 Å². The highest BCUT2D eigenvalue weighted by Crippen LogP contribution is 2.59. The van der Waals surface area contributed by atoms with E-state index < -0.39 is 12.9 Å². The highest BCUT2D eigenvalue weighted by molar-refractivity contribution is 7.53. The Morgan fingerprint density at radius 1 is 1.23 bits per heavy atom. The van der Waals surface area contributed by atoms with Gasteiger partial charge in [-0.05, 0) is 11.8 Å². The summed E-state index contributed by atoms with van der Waals surface area (Å²) >= 11 is 0. The van der Waals surface area contributed by atoms with E-state index in [2.05, 4.69) is 9.97 Å². The Balaban J connectivity index is 2.71. The van der Waals surface area contributed by atoms with Gasteiger partial charge in [0.15, 0.2) is 5.34 Å². The Labute approximate surface area is 130 Å². The molecule has 4 N–H and O–H groups in total. The van der Waals surface area contributed by atoms with Gasteiger partial charge in [0.05, 0.1) is 6.61 Å². The van der Waals surface area contributed by atoms with Gasteiger partial charge in [0.25, 0.3) is 0 Å². The molecule has 0 spiro atoms. The summed E-state index contributed by atoms with van der Waals surface area (Å²) in [5.41, 5.74) is 5.50. The molecule has 1 rings (SSSR count). The molecule has 0 fully saturated rings. The molecule has 0 saturated heterocycles. The van der Waals surface area contributed by atoms with Crippen molar-refractivity contribution in [3.05, 3.63) is 12.4 Å². The van der Waals surface area contributed by atoms with E-state index in [1.54, 1.807) is 27.7 Å². The fourth-order valence-electron chi connectivity index (χ4n) is 2.54. The molecule has 22 heavy (non-hydrogen) atoms. The van der Waals surface area contributed by atoms with Crippen molar-refractivity contribution in [1.82, 2.24) is 9.97 Å². The van der Waals surface area contributed by atoms with E-state index in [1.165, 1.54) is 12.4 Å². The number of hydrogen-bond acceptors (Lipinski definition) is 6.